The fourth-order valence-electron chi connectivity index (χ4n) is 5.80. The fourth-order valence-corrected chi connectivity index (χ4v) is 6.47. The molecule has 1 aliphatic carbocycles. The minimum absolute atomic E-state index is 0.0586. The fraction of sp³-hybridized carbons (Fsp3) is 0.433. The molecular formula is C30H36N4O3S. The van der Waals surface area contributed by atoms with Crippen molar-refractivity contribution in [3.63, 3.8) is 0 Å². The van der Waals surface area contributed by atoms with Crippen molar-refractivity contribution in [2.24, 2.45) is 5.73 Å². The van der Waals surface area contributed by atoms with Crippen LogP contribution >= 0.6 is 11.3 Å². The van der Waals surface area contributed by atoms with Crippen molar-refractivity contribution >= 4 is 28.6 Å². The molecule has 1 saturated carbocycles. The number of amides is 1. The van der Waals surface area contributed by atoms with Crippen molar-refractivity contribution in [3.8, 4) is 11.1 Å². The molecule has 2 heterocycles. The lowest BCUT2D eigenvalue weighted by atomic mass is 9.90. The number of thiophene rings is 1. The second kappa shape index (κ2) is 12.1. The SMILES string of the molecule is NC1CCC(N(Cc2cccc(-c3ccc(N4CCCCCC4)c([N+](=O)[O-])c3)c2)C(=O)c2cccs2)CC1. The van der Waals surface area contributed by atoms with Crippen LogP contribution in [-0.2, 0) is 6.54 Å². The lowest BCUT2D eigenvalue weighted by molar-refractivity contribution is -0.384. The van der Waals surface area contributed by atoms with Gasteiger partial charge in [-0.2, -0.15) is 0 Å². The molecule has 8 heteroatoms. The van der Waals surface area contributed by atoms with Gasteiger partial charge in [0.25, 0.3) is 11.6 Å². The van der Waals surface area contributed by atoms with E-state index in [1.54, 1.807) is 6.07 Å². The number of carbonyl (C=O) groups is 1. The van der Waals surface area contributed by atoms with Crippen LogP contribution in [0.2, 0.25) is 0 Å². The first kappa shape index (κ1) is 26.4. The van der Waals surface area contributed by atoms with Crippen molar-refractivity contribution in [1.82, 2.24) is 4.90 Å². The van der Waals surface area contributed by atoms with Gasteiger partial charge in [0.2, 0.25) is 0 Å². The van der Waals surface area contributed by atoms with E-state index in [0.29, 0.717) is 12.2 Å². The predicted octanol–water partition coefficient (Wildman–Crippen LogP) is 6.62. The zero-order valence-electron chi connectivity index (χ0n) is 21.8. The van der Waals surface area contributed by atoms with Gasteiger partial charge in [-0.15, -0.1) is 11.3 Å². The molecule has 2 aliphatic rings. The zero-order chi connectivity index (χ0) is 26.5. The molecule has 0 spiro atoms. The van der Waals surface area contributed by atoms with Gasteiger partial charge in [0, 0.05) is 37.8 Å². The Bertz CT molecular complexity index is 1250. The molecule has 0 bridgehead atoms. The molecule has 2 fully saturated rings. The highest BCUT2D eigenvalue weighted by atomic mass is 32.1. The summed E-state index contributed by atoms with van der Waals surface area (Å²) in [4.78, 5) is 30.2. The van der Waals surface area contributed by atoms with Crippen LogP contribution in [0, 0.1) is 10.1 Å². The average molecular weight is 533 g/mol. The van der Waals surface area contributed by atoms with Crippen LogP contribution in [0.4, 0.5) is 11.4 Å². The molecule has 1 aromatic heterocycles. The third-order valence-corrected chi connectivity index (χ3v) is 8.76. The maximum Gasteiger partial charge on any atom is 0.293 e. The normalized spacial score (nSPS) is 20.1. The summed E-state index contributed by atoms with van der Waals surface area (Å²) in [5.74, 6) is 0.0586. The highest BCUT2D eigenvalue weighted by molar-refractivity contribution is 7.12. The van der Waals surface area contributed by atoms with Crippen molar-refractivity contribution in [2.75, 3.05) is 18.0 Å². The van der Waals surface area contributed by atoms with E-state index in [2.05, 4.69) is 11.0 Å². The number of nitro groups is 1. The summed E-state index contributed by atoms with van der Waals surface area (Å²) in [6.07, 6.45) is 8.13. The average Bonchev–Trinajstić information content (AvgIpc) is 3.34. The molecule has 1 aliphatic heterocycles. The first-order valence-electron chi connectivity index (χ1n) is 13.7. The second-order valence-electron chi connectivity index (χ2n) is 10.5. The van der Waals surface area contributed by atoms with E-state index in [-0.39, 0.29) is 28.6 Å². The largest absolute Gasteiger partial charge is 0.366 e. The van der Waals surface area contributed by atoms with Crippen molar-refractivity contribution in [1.29, 1.82) is 0 Å². The summed E-state index contributed by atoms with van der Waals surface area (Å²) < 4.78 is 0. The summed E-state index contributed by atoms with van der Waals surface area (Å²) in [5, 5.41) is 14.0. The molecule has 1 amide bonds. The number of benzene rings is 2. The molecule has 2 aromatic carbocycles. The summed E-state index contributed by atoms with van der Waals surface area (Å²) in [5.41, 5.74) is 9.77. The van der Waals surface area contributed by atoms with Gasteiger partial charge in [0.1, 0.15) is 5.69 Å². The quantitative estimate of drug-likeness (QED) is 0.273. The molecule has 0 atom stereocenters. The standard InChI is InChI=1S/C30H36N4O3S/c31-25-11-13-26(14-12-25)33(30(35)29-9-6-18-38-29)21-22-7-5-8-23(19-22)24-10-15-27(28(20-24)34(36)37)32-16-3-1-2-4-17-32/h5-10,15,18-20,25-26H,1-4,11-14,16-17,21,31H2. The highest BCUT2D eigenvalue weighted by Crippen LogP contribution is 2.35. The van der Waals surface area contributed by atoms with Gasteiger partial charge in [-0.25, -0.2) is 0 Å². The van der Waals surface area contributed by atoms with E-state index < -0.39 is 0 Å². The maximum atomic E-state index is 13.5. The first-order chi connectivity index (χ1) is 18.5. The number of nitro benzene ring substituents is 1. The van der Waals surface area contributed by atoms with E-state index in [1.807, 2.05) is 52.7 Å². The number of nitrogens with two attached hydrogens (primary N) is 1. The Balaban J connectivity index is 1.41. The van der Waals surface area contributed by atoms with E-state index in [0.717, 1.165) is 73.2 Å². The minimum Gasteiger partial charge on any atom is -0.366 e. The third kappa shape index (κ3) is 6.08. The van der Waals surface area contributed by atoms with E-state index in [4.69, 9.17) is 5.73 Å². The van der Waals surface area contributed by atoms with Crippen LogP contribution in [0.25, 0.3) is 11.1 Å². The van der Waals surface area contributed by atoms with Gasteiger partial charge in [-0.1, -0.05) is 43.2 Å². The molecule has 2 N–H and O–H groups in total. The number of nitrogens with zero attached hydrogens (tertiary/aromatic N) is 3. The van der Waals surface area contributed by atoms with Gasteiger partial charge in [-0.05, 0) is 78.8 Å². The number of carbonyl (C=O) groups excluding carboxylic acids is 1. The number of rotatable bonds is 7. The van der Waals surface area contributed by atoms with Gasteiger partial charge >= 0.3 is 0 Å². The molecule has 7 nitrogen and oxygen atoms in total. The molecule has 5 rings (SSSR count). The van der Waals surface area contributed by atoms with Crippen molar-refractivity contribution in [2.45, 2.75) is 70.0 Å². The Kier molecular flexibility index (Phi) is 8.39. The van der Waals surface area contributed by atoms with Crippen LogP contribution in [-0.4, -0.2) is 40.9 Å². The second-order valence-corrected chi connectivity index (χ2v) is 11.5. The van der Waals surface area contributed by atoms with Crippen LogP contribution in [0.15, 0.2) is 60.0 Å². The molecule has 1 saturated heterocycles. The van der Waals surface area contributed by atoms with E-state index >= 15 is 0 Å². The zero-order valence-corrected chi connectivity index (χ0v) is 22.6. The number of hydrogen-bond acceptors (Lipinski definition) is 6. The third-order valence-electron chi connectivity index (χ3n) is 7.91. The van der Waals surface area contributed by atoms with Gasteiger partial charge in [0.15, 0.2) is 0 Å². The first-order valence-corrected chi connectivity index (χ1v) is 14.6. The maximum absolute atomic E-state index is 13.5. The van der Waals surface area contributed by atoms with Gasteiger partial charge in [-0.3, -0.25) is 14.9 Å². The Morgan fingerprint density at radius 1 is 0.974 bits per heavy atom. The molecular weight excluding hydrogens is 496 g/mol. The smallest absolute Gasteiger partial charge is 0.293 e. The number of anilines is 1. The Morgan fingerprint density at radius 2 is 1.71 bits per heavy atom. The Hall–Kier alpha value is -3.23. The Labute approximate surface area is 228 Å². The summed E-state index contributed by atoms with van der Waals surface area (Å²) >= 11 is 1.47. The molecule has 3 aromatic rings. The van der Waals surface area contributed by atoms with Crippen molar-refractivity contribution < 1.29 is 9.72 Å². The van der Waals surface area contributed by atoms with Gasteiger partial charge in [0.05, 0.1) is 9.80 Å². The minimum atomic E-state index is -0.261. The van der Waals surface area contributed by atoms with Crippen LogP contribution in [0.3, 0.4) is 0 Å². The summed E-state index contributed by atoms with van der Waals surface area (Å²) in [7, 11) is 0. The van der Waals surface area contributed by atoms with E-state index in [1.165, 1.54) is 24.2 Å². The predicted molar refractivity (Wildman–Crippen MR) is 154 cm³/mol. The van der Waals surface area contributed by atoms with Crippen LogP contribution in [0.1, 0.15) is 66.6 Å². The highest BCUT2D eigenvalue weighted by Gasteiger charge is 2.29. The molecule has 200 valence electrons. The van der Waals surface area contributed by atoms with Crippen molar-refractivity contribution in [3.05, 3.63) is 80.5 Å². The van der Waals surface area contributed by atoms with Crippen LogP contribution < -0.4 is 10.6 Å². The summed E-state index contributed by atoms with van der Waals surface area (Å²) in [6, 6.07) is 17.8. The topological polar surface area (TPSA) is 92.7 Å². The monoisotopic (exact) mass is 532 g/mol. The van der Waals surface area contributed by atoms with E-state index in [9.17, 15) is 14.9 Å². The number of hydrogen-bond donors (Lipinski definition) is 1. The summed E-state index contributed by atoms with van der Waals surface area (Å²) in [6.45, 7) is 2.21. The van der Waals surface area contributed by atoms with Crippen LogP contribution in [0.5, 0.6) is 0 Å². The Morgan fingerprint density at radius 3 is 2.39 bits per heavy atom. The molecule has 0 radical (unpaired) electrons. The lowest BCUT2D eigenvalue weighted by Gasteiger charge is -2.36. The lowest BCUT2D eigenvalue weighted by Crippen LogP contribution is -2.43. The van der Waals surface area contributed by atoms with Gasteiger partial charge < -0.3 is 15.5 Å². The molecule has 38 heavy (non-hydrogen) atoms. The molecule has 0 unspecified atom stereocenters.